The molecular weight excluding hydrogens is 358 g/mol. The van der Waals surface area contributed by atoms with Crippen molar-refractivity contribution in [2.45, 2.75) is 19.4 Å². The fourth-order valence-electron chi connectivity index (χ4n) is 2.22. The number of nitrogens with zero attached hydrogens (tertiary/aromatic N) is 1. The van der Waals surface area contributed by atoms with Gasteiger partial charge in [0, 0.05) is 18.1 Å². The number of guanidine groups is 1. The number of ether oxygens (including phenoxy) is 1. The molecule has 0 unspecified atom stereocenters. The number of hydrogen-bond donors (Lipinski definition) is 2. The maximum absolute atomic E-state index is 5.41. The highest BCUT2D eigenvalue weighted by Crippen LogP contribution is 2.24. The van der Waals surface area contributed by atoms with Crippen molar-refractivity contribution in [3.8, 4) is 5.75 Å². The number of rotatable bonds is 7. The molecule has 0 spiro atoms. The van der Waals surface area contributed by atoms with Crippen LogP contribution >= 0.6 is 15.9 Å². The number of hydrogen-bond acceptors (Lipinski definition) is 3. The van der Waals surface area contributed by atoms with E-state index in [1.54, 1.807) is 20.4 Å². The molecule has 23 heavy (non-hydrogen) atoms. The Morgan fingerprint density at radius 2 is 2.17 bits per heavy atom. The molecule has 0 saturated carbocycles. The lowest BCUT2D eigenvalue weighted by molar-refractivity contribution is 0.409. The molecule has 2 N–H and O–H groups in total. The maximum atomic E-state index is 5.41. The van der Waals surface area contributed by atoms with Gasteiger partial charge in [0.2, 0.25) is 0 Å². The summed E-state index contributed by atoms with van der Waals surface area (Å²) < 4.78 is 11.7. The summed E-state index contributed by atoms with van der Waals surface area (Å²) in [4.78, 5) is 4.20. The van der Waals surface area contributed by atoms with Gasteiger partial charge in [0.15, 0.2) is 5.96 Å². The standard InChI is InChI=1S/C17H22BrN3O2/c1-19-17(21-12-15-6-4-10-23-15)20-9-3-5-13-7-8-14(18)11-16(13)22-2/h4,6-8,10-11H,3,5,9,12H2,1-2H3,(H2,19,20,21). The van der Waals surface area contributed by atoms with Crippen LogP contribution in [0.5, 0.6) is 5.75 Å². The molecule has 2 aromatic rings. The zero-order valence-corrected chi connectivity index (χ0v) is 15.0. The van der Waals surface area contributed by atoms with E-state index in [0.29, 0.717) is 6.54 Å². The van der Waals surface area contributed by atoms with Gasteiger partial charge in [-0.3, -0.25) is 4.99 Å². The summed E-state index contributed by atoms with van der Waals surface area (Å²) in [6.45, 7) is 1.45. The number of methoxy groups -OCH3 is 1. The normalized spacial score (nSPS) is 11.3. The molecule has 124 valence electrons. The van der Waals surface area contributed by atoms with Crippen LogP contribution < -0.4 is 15.4 Å². The Labute approximate surface area is 145 Å². The first-order valence-electron chi connectivity index (χ1n) is 7.52. The van der Waals surface area contributed by atoms with Crippen molar-refractivity contribution in [2.24, 2.45) is 4.99 Å². The van der Waals surface area contributed by atoms with E-state index in [-0.39, 0.29) is 0 Å². The predicted molar refractivity (Wildman–Crippen MR) is 95.9 cm³/mol. The van der Waals surface area contributed by atoms with Gasteiger partial charge in [-0.25, -0.2) is 0 Å². The molecule has 0 aliphatic carbocycles. The van der Waals surface area contributed by atoms with E-state index in [9.17, 15) is 0 Å². The summed E-state index contributed by atoms with van der Waals surface area (Å²) in [6, 6.07) is 9.92. The molecule has 1 heterocycles. The number of halogens is 1. The summed E-state index contributed by atoms with van der Waals surface area (Å²) in [5.74, 6) is 2.57. The third-order valence-corrected chi connectivity index (χ3v) is 3.89. The van der Waals surface area contributed by atoms with E-state index < -0.39 is 0 Å². The molecular formula is C17H22BrN3O2. The summed E-state index contributed by atoms with van der Waals surface area (Å²) >= 11 is 3.46. The summed E-state index contributed by atoms with van der Waals surface area (Å²) in [5, 5.41) is 6.51. The van der Waals surface area contributed by atoms with E-state index in [0.717, 1.165) is 41.3 Å². The molecule has 6 heteroatoms. The fourth-order valence-corrected chi connectivity index (χ4v) is 2.56. The highest BCUT2D eigenvalue weighted by atomic mass is 79.9. The molecule has 1 aromatic carbocycles. The van der Waals surface area contributed by atoms with Crippen LogP contribution in [0, 0.1) is 0 Å². The molecule has 2 rings (SSSR count). The van der Waals surface area contributed by atoms with Crippen LogP contribution in [-0.4, -0.2) is 26.7 Å². The van der Waals surface area contributed by atoms with Gasteiger partial charge < -0.3 is 19.8 Å². The monoisotopic (exact) mass is 379 g/mol. The molecule has 0 radical (unpaired) electrons. The molecule has 0 aliphatic rings. The number of aryl methyl sites for hydroxylation is 1. The first-order valence-corrected chi connectivity index (χ1v) is 8.31. The van der Waals surface area contributed by atoms with Gasteiger partial charge in [-0.05, 0) is 42.7 Å². The molecule has 1 aromatic heterocycles. The molecule has 0 fully saturated rings. The van der Waals surface area contributed by atoms with Gasteiger partial charge in [0.25, 0.3) is 0 Å². The van der Waals surface area contributed by atoms with E-state index in [2.05, 4.69) is 37.6 Å². The molecule has 5 nitrogen and oxygen atoms in total. The summed E-state index contributed by atoms with van der Waals surface area (Å²) in [7, 11) is 3.46. The number of furan rings is 1. The van der Waals surface area contributed by atoms with Crippen LogP contribution in [0.15, 0.2) is 50.5 Å². The lowest BCUT2D eigenvalue weighted by atomic mass is 10.1. The van der Waals surface area contributed by atoms with Crippen LogP contribution in [0.1, 0.15) is 17.7 Å². The third-order valence-electron chi connectivity index (χ3n) is 3.40. The highest BCUT2D eigenvalue weighted by Gasteiger charge is 2.04. The topological polar surface area (TPSA) is 58.8 Å². The number of benzene rings is 1. The van der Waals surface area contributed by atoms with Crippen molar-refractivity contribution in [1.29, 1.82) is 0 Å². The first kappa shape index (κ1) is 17.4. The van der Waals surface area contributed by atoms with Crippen molar-refractivity contribution < 1.29 is 9.15 Å². The van der Waals surface area contributed by atoms with E-state index in [1.165, 1.54) is 5.56 Å². The average molecular weight is 380 g/mol. The fraction of sp³-hybridized carbons (Fsp3) is 0.353. The minimum atomic E-state index is 0.618. The third kappa shape index (κ3) is 5.63. The highest BCUT2D eigenvalue weighted by molar-refractivity contribution is 9.10. The van der Waals surface area contributed by atoms with Gasteiger partial charge in [-0.2, -0.15) is 0 Å². The average Bonchev–Trinajstić information content (AvgIpc) is 3.08. The Morgan fingerprint density at radius 1 is 1.30 bits per heavy atom. The molecule has 0 atom stereocenters. The second-order valence-electron chi connectivity index (χ2n) is 4.99. The van der Waals surface area contributed by atoms with Crippen LogP contribution in [0.4, 0.5) is 0 Å². The molecule has 0 saturated heterocycles. The maximum Gasteiger partial charge on any atom is 0.191 e. The van der Waals surface area contributed by atoms with Crippen molar-refractivity contribution in [2.75, 3.05) is 20.7 Å². The Bertz CT molecular complexity index is 627. The quantitative estimate of drug-likeness (QED) is 0.440. The van der Waals surface area contributed by atoms with Crippen molar-refractivity contribution in [3.05, 3.63) is 52.4 Å². The van der Waals surface area contributed by atoms with Gasteiger partial charge in [0.1, 0.15) is 11.5 Å². The Morgan fingerprint density at radius 3 is 2.87 bits per heavy atom. The Hall–Kier alpha value is -1.95. The lowest BCUT2D eigenvalue weighted by Gasteiger charge is -2.12. The van der Waals surface area contributed by atoms with Gasteiger partial charge in [-0.15, -0.1) is 0 Å². The SMILES string of the molecule is CN=C(NCCCc1ccc(Br)cc1OC)NCc1ccco1. The van der Waals surface area contributed by atoms with Crippen molar-refractivity contribution >= 4 is 21.9 Å². The van der Waals surface area contributed by atoms with Gasteiger partial charge in [0.05, 0.1) is 19.9 Å². The minimum absolute atomic E-state index is 0.618. The van der Waals surface area contributed by atoms with Gasteiger partial charge >= 0.3 is 0 Å². The Kier molecular flexibility index (Phi) is 7.00. The minimum Gasteiger partial charge on any atom is -0.496 e. The molecule has 0 bridgehead atoms. The predicted octanol–water partition coefficient (Wildman–Crippen LogP) is 3.35. The van der Waals surface area contributed by atoms with E-state index in [1.807, 2.05) is 24.3 Å². The second kappa shape index (κ2) is 9.25. The first-order chi connectivity index (χ1) is 11.2. The van der Waals surface area contributed by atoms with E-state index in [4.69, 9.17) is 9.15 Å². The van der Waals surface area contributed by atoms with Crippen LogP contribution in [0.3, 0.4) is 0 Å². The Balaban J connectivity index is 1.73. The van der Waals surface area contributed by atoms with Crippen molar-refractivity contribution in [1.82, 2.24) is 10.6 Å². The largest absolute Gasteiger partial charge is 0.496 e. The second-order valence-corrected chi connectivity index (χ2v) is 5.91. The molecule has 0 aliphatic heterocycles. The van der Waals surface area contributed by atoms with Crippen LogP contribution in [0.2, 0.25) is 0 Å². The summed E-state index contributed by atoms with van der Waals surface area (Å²) in [5.41, 5.74) is 1.20. The number of nitrogens with one attached hydrogen (secondary N) is 2. The van der Waals surface area contributed by atoms with Gasteiger partial charge in [-0.1, -0.05) is 22.0 Å². The molecule has 0 amide bonds. The lowest BCUT2D eigenvalue weighted by Crippen LogP contribution is -2.37. The van der Waals surface area contributed by atoms with Crippen LogP contribution in [-0.2, 0) is 13.0 Å². The van der Waals surface area contributed by atoms with E-state index >= 15 is 0 Å². The number of aliphatic imine (C=N–C) groups is 1. The summed E-state index contributed by atoms with van der Waals surface area (Å²) in [6.07, 6.45) is 3.59. The zero-order chi connectivity index (χ0) is 16.5. The van der Waals surface area contributed by atoms with Crippen LogP contribution in [0.25, 0.3) is 0 Å². The van der Waals surface area contributed by atoms with Crippen molar-refractivity contribution in [3.63, 3.8) is 0 Å². The smallest absolute Gasteiger partial charge is 0.191 e. The zero-order valence-electron chi connectivity index (χ0n) is 13.4.